The third kappa shape index (κ3) is 4.51. The number of hydrogen-bond acceptors (Lipinski definition) is 7. The highest BCUT2D eigenvalue weighted by Gasteiger charge is 2.21. The Bertz CT molecular complexity index is 1180. The molecule has 0 saturated carbocycles. The second-order valence-corrected chi connectivity index (χ2v) is 8.36. The fourth-order valence-electron chi connectivity index (χ4n) is 3.34. The van der Waals surface area contributed by atoms with Crippen LogP contribution in [0, 0.1) is 0 Å². The minimum absolute atomic E-state index is 0.0341. The van der Waals surface area contributed by atoms with Gasteiger partial charge in [-0.05, 0) is 39.3 Å². The van der Waals surface area contributed by atoms with Gasteiger partial charge < -0.3 is 5.32 Å². The Kier molecular flexibility index (Phi) is 5.79. The Hall–Kier alpha value is -3.21. The number of hydrogen-bond donors (Lipinski definition) is 3. The van der Waals surface area contributed by atoms with Crippen molar-refractivity contribution in [2.45, 2.75) is 17.9 Å². The predicted molar refractivity (Wildman–Crippen MR) is 114 cm³/mol. The summed E-state index contributed by atoms with van der Waals surface area (Å²) in [4.78, 5) is 4.34. The zero-order valence-corrected chi connectivity index (χ0v) is 16.9. The Morgan fingerprint density at radius 1 is 1.13 bits per heavy atom. The van der Waals surface area contributed by atoms with E-state index in [1.807, 2.05) is 30.3 Å². The number of sulfonamides is 1. The Balaban J connectivity index is 1.55. The molecule has 0 radical (unpaired) electrons. The van der Waals surface area contributed by atoms with E-state index in [4.69, 9.17) is 5.14 Å². The topological polar surface area (TPSA) is 139 Å². The Labute approximate surface area is 174 Å². The number of tetrazole rings is 1. The molecule has 0 unspecified atom stereocenters. The number of H-pyrrole nitrogens is 1. The van der Waals surface area contributed by atoms with Gasteiger partial charge in [0.25, 0.3) is 0 Å². The van der Waals surface area contributed by atoms with Gasteiger partial charge in [-0.15, -0.1) is 5.10 Å². The highest BCUT2D eigenvalue weighted by atomic mass is 32.2. The zero-order chi connectivity index (χ0) is 21.0. The molecule has 10 heteroatoms. The highest BCUT2D eigenvalue weighted by Crippen LogP contribution is 2.34. The number of aromatic amines is 1. The summed E-state index contributed by atoms with van der Waals surface area (Å²) < 4.78 is 24.2. The number of nitrogens with two attached hydrogens (primary N) is 1. The minimum atomic E-state index is -3.96. The van der Waals surface area contributed by atoms with Crippen LogP contribution in [-0.4, -0.2) is 47.8 Å². The average molecular weight is 424 g/mol. The Morgan fingerprint density at radius 2 is 1.97 bits per heavy atom. The molecule has 1 aromatic heterocycles. The van der Waals surface area contributed by atoms with Crippen molar-refractivity contribution in [1.82, 2.24) is 25.9 Å². The fourth-order valence-corrected chi connectivity index (χ4v) is 4.10. The second kappa shape index (κ2) is 8.66. The van der Waals surface area contributed by atoms with Crippen molar-refractivity contribution in [1.29, 1.82) is 0 Å². The van der Waals surface area contributed by atoms with Gasteiger partial charge in [-0.25, -0.2) is 18.7 Å². The quantitative estimate of drug-likeness (QED) is 0.471. The molecule has 2 aromatic carbocycles. The van der Waals surface area contributed by atoms with Crippen LogP contribution in [0.1, 0.15) is 12.0 Å². The third-order valence-electron chi connectivity index (χ3n) is 4.78. The molecular weight excluding hydrogens is 402 g/mol. The van der Waals surface area contributed by atoms with Crippen LogP contribution in [-0.2, 0) is 16.6 Å². The van der Waals surface area contributed by atoms with Crippen LogP contribution >= 0.6 is 0 Å². The van der Waals surface area contributed by atoms with Crippen molar-refractivity contribution < 1.29 is 8.42 Å². The molecule has 4 rings (SSSR count). The van der Waals surface area contributed by atoms with Crippen LogP contribution in [0.4, 0.5) is 0 Å². The molecule has 1 aliphatic heterocycles. The van der Waals surface area contributed by atoms with Crippen molar-refractivity contribution in [3.63, 3.8) is 0 Å². The molecule has 30 heavy (non-hydrogen) atoms. The third-order valence-corrected chi connectivity index (χ3v) is 5.73. The second-order valence-electron chi connectivity index (χ2n) is 6.83. The molecule has 3 aromatic rings. The molecule has 0 amide bonds. The normalized spacial score (nSPS) is 13.6. The lowest BCUT2D eigenvalue weighted by molar-refractivity contribution is 0.598. The predicted octanol–water partition coefficient (Wildman–Crippen LogP) is 1.67. The summed E-state index contributed by atoms with van der Waals surface area (Å²) in [7, 11) is -3.96. The maximum atomic E-state index is 12.1. The van der Waals surface area contributed by atoms with Crippen LogP contribution in [0.2, 0.25) is 0 Å². The van der Waals surface area contributed by atoms with E-state index in [-0.39, 0.29) is 10.7 Å². The highest BCUT2D eigenvalue weighted by molar-refractivity contribution is 7.89. The van der Waals surface area contributed by atoms with E-state index in [0.717, 1.165) is 42.9 Å². The van der Waals surface area contributed by atoms with Crippen LogP contribution in [0.25, 0.3) is 22.5 Å². The van der Waals surface area contributed by atoms with E-state index in [9.17, 15) is 8.42 Å². The average Bonchev–Trinajstić information content (AvgIpc) is 3.45. The van der Waals surface area contributed by atoms with Gasteiger partial charge in [0.15, 0.2) is 5.82 Å². The molecule has 154 valence electrons. The largest absolute Gasteiger partial charge is 0.312 e. The minimum Gasteiger partial charge on any atom is -0.312 e. The van der Waals surface area contributed by atoms with E-state index < -0.39 is 10.0 Å². The summed E-state index contributed by atoms with van der Waals surface area (Å²) in [6.45, 7) is 2.37. The fraction of sp³-hybridized carbons (Fsp3) is 0.200. The standard InChI is InChI=1S/C20H21N7O2S/c21-30(28,29)18-5-1-4-17(19(18)20-24-26-27-25-20)15-8-6-14(7-9-15)13-22-12-10-16-3-2-11-23-16/h1-9,22H,10-13H2,(H2,21,28,29)(H,24,25,26,27). The van der Waals surface area contributed by atoms with Crippen LogP contribution in [0.15, 0.2) is 64.5 Å². The first-order valence-corrected chi connectivity index (χ1v) is 11.0. The van der Waals surface area contributed by atoms with Gasteiger partial charge in [-0.3, -0.25) is 4.99 Å². The number of allylic oxidation sites excluding steroid dienone is 1. The number of benzene rings is 2. The molecule has 4 N–H and O–H groups in total. The number of primary sulfonamides is 1. The first-order valence-electron chi connectivity index (χ1n) is 9.42. The van der Waals surface area contributed by atoms with E-state index in [0.29, 0.717) is 11.1 Å². The first-order chi connectivity index (χ1) is 14.5. The maximum absolute atomic E-state index is 12.1. The van der Waals surface area contributed by atoms with Gasteiger partial charge in [0, 0.05) is 30.8 Å². The lowest BCUT2D eigenvalue weighted by atomic mass is 9.98. The lowest BCUT2D eigenvalue weighted by Gasteiger charge is -2.12. The van der Waals surface area contributed by atoms with Gasteiger partial charge in [0.05, 0.1) is 11.4 Å². The number of aliphatic imine (C=N–C) groups is 1. The zero-order valence-electron chi connectivity index (χ0n) is 16.1. The van der Waals surface area contributed by atoms with E-state index in [1.165, 1.54) is 6.07 Å². The molecule has 1 aliphatic rings. The van der Waals surface area contributed by atoms with Crippen LogP contribution in [0.5, 0.6) is 0 Å². The van der Waals surface area contributed by atoms with E-state index in [1.54, 1.807) is 6.07 Å². The smallest absolute Gasteiger partial charge is 0.238 e. The molecule has 0 saturated heterocycles. The number of nitrogens with one attached hydrogen (secondary N) is 2. The molecular formula is C20H21N7O2S. The Morgan fingerprint density at radius 3 is 2.63 bits per heavy atom. The molecule has 2 heterocycles. The molecule has 9 nitrogen and oxygen atoms in total. The summed E-state index contributed by atoms with van der Waals surface area (Å²) in [5, 5.41) is 22.5. The van der Waals surface area contributed by atoms with E-state index >= 15 is 0 Å². The number of aromatic nitrogens is 4. The van der Waals surface area contributed by atoms with Gasteiger partial charge in [0.1, 0.15) is 0 Å². The van der Waals surface area contributed by atoms with Crippen molar-refractivity contribution >= 4 is 15.7 Å². The number of nitrogens with zero attached hydrogens (tertiary/aromatic N) is 4. The molecule has 0 spiro atoms. The van der Waals surface area contributed by atoms with Crippen molar-refractivity contribution in [3.05, 3.63) is 60.2 Å². The molecule has 0 atom stereocenters. The summed E-state index contributed by atoms with van der Waals surface area (Å²) in [6, 6.07) is 12.8. The van der Waals surface area contributed by atoms with Crippen molar-refractivity contribution in [3.8, 4) is 22.5 Å². The maximum Gasteiger partial charge on any atom is 0.238 e. The molecule has 0 fully saturated rings. The van der Waals surface area contributed by atoms with Gasteiger partial charge in [-0.2, -0.15) is 0 Å². The summed E-state index contributed by atoms with van der Waals surface area (Å²) >= 11 is 0. The first kappa shape index (κ1) is 20.1. The van der Waals surface area contributed by atoms with E-state index in [2.05, 4.69) is 43.1 Å². The number of rotatable bonds is 8. The van der Waals surface area contributed by atoms with Crippen molar-refractivity contribution in [2.24, 2.45) is 10.1 Å². The van der Waals surface area contributed by atoms with Crippen molar-refractivity contribution in [2.75, 3.05) is 13.1 Å². The van der Waals surface area contributed by atoms with Gasteiger partial charge in [0.2, 0.25) is 10.0 Å². The monoisotopic (exact) mass is 423 g/mol. The van der Waals surface area contributed by atoms with Crippen LogP contribution in [0.3, 0.4) is 0 Å². The lowest BCUT2D eigenvalue weighted by Crippen LogP contribution is -2.16. The van der Waals surface area contributed by atoms with Gasteiger partial charge >= 0.3 is 0 Å². The molecule has 0 aliphatic carbocycles. The SMILES string of the molecule is NS(=O)(=O)c1cccc(-c2ccc(CNCCC3=NCC=C3)cc2)c1-c1nnn[nH]1. The summed E-state index contributed by atoms with van der Waals surface area (Å²) in [5.41, 5.74) is 4.10. The van der Waals surface area contributed by atoms with Gasteiger partial charge in [-0.1, -0.05) is 42.5 Å². The van der Waals surface area contributed by atoms with Crippen LogP contribution < -0.4 is 10.5 Å². The summed E-state index contributed by atoms with van der Waals surface area (Å²) in [6.07, 6.45) is 5.03. The molecule has 0 bridgehead atoms. The summed E-state index contributed by atoms with van der Waals surface area (Å²) in [5.74, 6) is 0.240.